The number of benzene rings is 3. The van der Waals surface area contributed by atoms with Gasteiger partial charge in [-0.3, -0.25) is 14.5 Å². The molecule has 0 bridgehead atoms. The SMILES string of the molecule is O=C(CN(C(=O)c1ccccc1)c1ccc(Br)cc1)NN=Cc1cccc(Br)c1. The van der Waals surface area contributed by atoms with Crippen LogP contribution in [0.15, 0.2) is 92.9 Å². The monoisotopic (exact) mass is 513 g/mol. The van der Waals surface area contributed by atoms with Crippen LogP contribution in [0.3, 0.4) is 0 Å². The molecule has 0 radical (unpaired) electrons. The average molecular weight is 515 g/mol. The van der Waals surface area contributed by atoms with E-state index < -0.39 is 5.91 Å². The molecule has 0 saturated heterocycles. The Morgan fingerprint density at radius 3 is 2.31 bits per heavy atom. The Morgan fingerprint density at radius 2 is 1.62 bits per heavy atom. The molecular formula is C22H17Br2N3O2. The third-order valence-electron chi connectivity index (χ3n) is 3.96. The van der Waals surface area contributed by atoms with Gasteiger partial charge in [0.25, 0.3) is 11.8 Å². The van der Waals surface area contributed by atoms with Crippen molar-refractivity contribution in [2.24, 2.45) is 5.10 Å². The molecule has 0 spiro atoms. The highest BCUT2D eigenvalue weighted by Gasteiger charge is 2.20. The minimum atomic E-state index is -0.400. The summed E-state index contributed by atoms with van der Waals surface area (Å²) in [6, 6.07) is 23.6. The number of nitrogens with zero attached hydrogens (tertiary/aromatic N) is 2. The number of carbonyl (C=O) groups excluding carboxylic acids is 2. The van der Waals surface area contributed by atoms with Gasteiger partial charge in [0.05, 0.1) is 6.21 Å². The van der Waals surface area contributed by atoms with Crippen LogP contribution in [0.4, 0.5) is 5.69 Å². The van der Waals surface area contributed by atoms with E-state index >= 15 is 0 Å². The molecule has 0 unspecified atom stereocenters. The van der Waals surface area contributed by atoms with Gasteiger partial charge in [0.1, 0.15) is 6.54 Å². The van der Waals surface area contributed by atoms with E-state index in [0.29, 0.717) is 11.3 Å². The van der Waals surface area contributed by atoms with Crippen LogP contribution in [0.25, 0.3) is 0 Å². The second-order valence-corrected chi connectivity index (χ2v) is 7.91. The first-order valence-corrected chi connectivity index (χ1v) is 10.3. The van der Waals surface area contributed by atoms with Crippen molar-refractivity contribution >= 4 is 55.6 Å². The highest BCUT2D eigenvalue weighted by Crippen LogP contribution is 2.20. The quantitative estimate of drug-likeness (QED) is 0.371. The summed E-state index contributed by atoms with van der Waals surface area (Å²) >= 11 is 6.77. The van der Waals surface area contributed by atoms with Crippen molar-refractivity contribution in [3.05, 3.63) is 98.9 Å². The van der Waals surface area contributed by atoms with Crippen molar-refractivity contribution in [1.82, 2.24) is 5.43 Å². The molecule has 29 heavy (non-hydrogen) atoms. The van der Waals surface area contributed by atoms with Crippen LogP contribution in [-0.2, 0) is 4.79 Å². The molecular weight excluding hydrogens is 498 g/mol. The number of halogens is 2. The number of hydrazone groups is 1. The zero-order valence-electron chi connectivity index (χ0n) is 15.3. The molecule has 0 fully saturated rings. The summed E-state index contributed by atoms with van der Waals surface area (Å²) in [5.41, 5.74) is 4.44. The number of hydrogen-bond donors (Lipinski definition) is 1. The second-order valence-electron chi connectivity index (χ2n) is 6.08. The van der Waals surface area contributed by atoms with Crippen LogP contribution in [0.2, 0.25) is 0 Å². The van der Waals surface area contributed by atoms with E-state index in [4.69, 9.17) is 0 Å². The highest BCUT2D eigenvalue weighted by atomic mass is 79.9. The third-order valence-corrected chi connectivity index (χ3v) is 4.98. The van der Waals surface area contributed by atoms with Gasteiger partial charge in [-0.05, 0) is 54.1 Å². The van der Waals surface area contributed by atoms with Gasteiger partial charge in [-0.15, -0.1) is 0 Å². The Hall–Kier alpha value is -2.77. The number of anilines is 1. The fourth-order valence-corrected chi connectivity index (χ4v) is 3.26. The Morgan fingerprint density at radius 1 is 0.897 bits per heavy atom. The van der Waals surface area contributed by atoms with E-state index in [9.17, 15) is 9.59 Å². The van der Waals surface area contributed by atoms with Crippen molar-refractivity contribution in [3.63, 3.8) is 0 Å². The van der Waals surface area contributed by atoms with E-state index in [1.165, 1.54) is 4.90 Å². The lowest BCUT2D eigenvalue weighted by molar-refractivity contribution is -0.119. The van der Waals surface area contributed by atoms with E-state index in [1.807, 2.05) is 42.5 Å². The molecule has 3 aromatic carbocycles. The molecule has 2 amide bonds. The first-order valence-electron chi connectivity index (χ1n) is 8.73. The molecule has 0 aliphatic rings. The van der Waals surface area contributed by atoms with Crippen LogP contribution in [0.1, 0.15) is 15.9 Å². The van der Waals surface area contributed by atoms with Crippen LogP contribution < -0.4 is 10.3 Å². The van der Waals surface area contributed by atoms with Gasteiger partial charge >= 0.3 is 0 Å². The van der Waals surface area contributed by atoms with E-state index in [-0.39, 0.29) is 12.5 Å². The summed E-state index contributed by atoms with van der Waals surface area (Å²) < 4.78 is 1.80. The smallest absolute Gasteiger partial charge is 0.260 e. The predicted octanol–water partition coefficient (Wildman–Crippen LogP) is 5.01. The Balaban J connectivity index is 1.74. The minimum absolute atomic E-state index is 0.162. The molecule has 0 atom stereocenters. The van der Waals surface area contributed by atoms with Crippen molar-refractivity contribution in [3.8, 4) is 0 Å². The lowest BCUT2D eigenvalue weighted by atomic mass is 10.2. The van der Waals surface area contributed by atoms with Gasteiger partial charge in [-0.2, -0.15) is 5.10 Å². The van der Waals surface area contributed by atoms with E-state index in [2.05, 4.69) is 42.4 Å². The summed E-state index contributed by atoms with van der Waals surface area (Å²) in [7, 11) is 0. The van der Waals surface area contributed by atoms with Gasteiger partial charge in [0.2, 0.25) is 0 Å². The number of amides is 2. The van der Waals surface area contributed by atoms with Crippen LogP contribution >= 0.6 is 31.9 Å². The topological polar surface area (TPSA) is 61.8 Å². The molecule has 0 aliphatic heterocycles. The van der Waals surface area contributed by atoms with Crippen LogP contribution in [0.5, 0.6) is 0 Å². The molecule has 0 aromatic heterocycles. The molecule has 0 heterocycles. The molecule has 146 valence electrons. The molecule has 3 aromatic rings. The first-order chi connectivity index (χ1) is 14.0. The number of hydrogen-bond acceptors (Lipinski definition) is 3. The van der Waals surface area contributed by atoms with Gasteiger partial charge in [0.15, 0.2) is 0 Å². The Kier molecular flexibility index (Phi) is 7.32. The predicted molar refractivity (Wildman–Crippen MR) is 122 cm³/mol. The van der Waals surface area contributed by atoms with Gasteiger partial charge in [-0.25, -0.2) is 5.43 Å². The molecule has 0 saturated carbocycles. The van der Waals surface area contributed by atoms with Crippen LogP contribution in [-0.4, -0.2) is 24.6 Å². The van der Waals surface area contributed by atoms with Gasteiger partial charge in [0, 0.05) is 20.2 Å². The van der Waals surface area contributed by atoms with E-state index in [1.54, 1.807) is 42.6 Å². The highest BCUT2D eigenvalue weighted by molar-refractivity contribution is 9.10. The van der Waals surface area contributed by atoms with Crippen molar-refractivity contribution in [2.75, 3.05) is 11.4 Å². The Labute approximate surface area is 185 Å². The molecule has 3 rings (SSSR count). The van der Waals surface area contributed by atoms with Crippen molar-refractivity contribution < 1.29 is 9.59 Å². The summed E-state index contributed by atoms with van der Waals surface area (Å²) in [6.45, 7) is -0.162. The van der Waals surface area contributed by atoms with Gasteiger partial charge < -0.3 is 0 Å². The molecule has 7 heteroatoms. The van der Waals surface area contributed by atoms with E-state index in [0.717, 1.165) is 14.5 Å². The zero-order valence-corrected chi connectivity index (χ0v) is 18.4. The average Bonchev–Trinajstić information content (AvgIpc) is 2.73. The normalized spacial score (nSPS) is 10.7. The number of carbonyl (C=O) groups is 2. The lowest BCUT2D eigenvalue weighted by Gasteiger charge is -2.22. The fourth-order valence-electron chi connectivity index (χ4n) is 2.58. The largest absolute Gasteiger partial charge is 0.299 e. The second kappa shape index (κ2) is 10.1. The molecule has 1 N–H and O–H groups in total. The lowest BCUT2D eigenvalue weighted by Crippen LogP contribution is -2.39. The maximum atomic E-state index is 13.0. The summed E-state index contributed by atoms with van der Waals surface area (Å²) in [4.78, 5) is 26.9. The van der Waals surface area contributed by atoms with Gasteiger partial charge in [-0.1, -0.05) is 62.2 Å². The fraction of sp³-hybridized carbons (Fsp3) is 0.0455. The molecule has 0 aliphatic carbocycles. The van der Waals surface area contributed by atoms with Crippen molar-refractivity contribution in [2.45, 2.75) is 0 Å². The zero-order chi connectivity index (χ0) is 20.6. The van der Waals surface area contributed by atoms with Crippen LogP contribution in [0, 0.1) is 0 Å². The maximum absolute atomic E-state index is 13.0. The number of nitrogens with one attached hydrogen (secondary N) is 1. The van der Waals surface area contributed by atoms with Crippen molar-refractivity contribution in [1.29, 1.82) is 0 Å². The Bertz CT molecular complexity index is 1020. The molecule has 5 nitrogen and oxygen atoms in total. The minimum Gasteiger partial charge on any atom is -0.299 e. The maximum Gasteiger partial charge on any atom is 0.260 e. The summed E-state index contributed by atoms with van der Waals surface area (Å²) in [6.07, 6.45) is 1.55. The summed E-state index contributed by atoms with van der Waals surface area (Å²) in [5.74, 6) is -0.664. The summed E-state index contributed by atoms with van der Waals surface area (Å²) in [5, 5.41) is 3.98. The first kappa shape index (κ1) is 21.0. The standard InChI is InChI=1S/C22H17Br2N3O2/c23-18-9-11-20(12-10-18)27(22(29)17-6-2-1-3-7-17)15-21(28)26-25-14-16-5-4-8-19(24)13-16/h1-14H,15H2,(H,26,28). The third kappa shape index (κ3) is 6.10. The number of rotatable bonds is 6.